The fourth-order valence-electron chi connectivity index (χ4n) is 2.28. The molecule has 0 spiro atoms. The number of amides is 1. The smallest absolute Gasteiger partial charge is 0.278 e. The second kappa shape index (κ2) is 7.31. The second-order valence-electron chi connectivity index (χ2n) is 5.43. The van der Waals surface area contributed by atoms with Crippen molar-refractivity contribution in [1.82, 2.24) is 9.99 Å². The van der Waals surface area contributed by atoms with Crippen molar-refractivity contribution in [3.05, 3.63) is 58.9 Å². The minimum Gasteiger partial charge on any atom is -0.484 e. The number of hydrogen-bond acceptors (Lipinski definition) is 5. The lowest BCUT2D eigenvalue weighted by Gasteiger charge is -2.05. The molecule has 128 valence electrons. The summed E-state index contributed by atoms with van der Waals surface area (Å²) in [5.74, 6) is 0.0446. The standard InChI is InChI=1S/C18H17N3O3S/c1-12(22)13-6-5-7-14(10-13)24-11-17(23)19-20-18-21(2)15-8-3-4-9-16(15)25-18/h3-10H,11H2,1-2H3,(H,19,23)/b20-18-. The molecular formula is C18H17N3O3S. The van der Waals surface area contributed by atoms with Crippen LogP contribution in [0.5, 0.6) is 5.75 Å². The number of aryl methyl sites for hydroxylation is 1. The van der Waals surface area contributed by atoms with Gasteiger partial charge in [-0.1, -0.05) is 35.6 Å². The predicted octanol–water partition coefficient (Wildman–Crippen LogP) is 2.45. The normalized spacial score (nSPS) is 11.5. The molecule has 1 N–H and O–H groups in total. The lowest BCUT2D eigenvalue weighted by molar-refractivity contribution is -0.123. The van der Waals surface area contributed by atoms with Crippen LogP contribution in [0.2, 0.25) is 0 Å². The van der Waals surface area contributed by atoms with Crippen LogP contribution in [0.1, 0.15) is 17.3 Å². The van der Waals surface area contributed by atoms with Gasteiger partial charge in [0.2, 0.25) is 4.80 Å². The monoisotopic (exact) mass is 355 g/mol. The molecular weight excluding hydrogens is 338 g/mol. The molecule has 0 aliphatic heterocycles. The highest BCUT2D eigenvalue weighted by atomic mass is 32.1. The second-order valence-corrected chi connectivity index (χ2v) is 6.44. The summed E-state index contributed by atoms with van der Waals surface area (Å²) in [5.41, 5.74) is 4.09. The van der Waals surface area contributed by atoms with Gasteiger partial charge in [0.1, 0.15) is 5.75 Å². The molecule has 7 heteroatoms. The highest BCUT2D eigenvalue weighted by molar-refractivity contribution is 7.16. The molecule has 0 atom stereocenters. The van der Waals surface area contributed by atoms with Gasteiger partial charge in [0.25, 0.3) is 5.91 Å². The molecule has 0 fully saturated rings. The lowest BCUT2D eigenvalue weighted by atomic mass is 10.1. The number of carbonyl (C=O) groups excluding carboxylic acids is 2. The Morgan fingerprint density at radius 1 is 1.20 bits per heavy atom. The number of ether oxygens (including phenoxy) is 1. The number of Topliss-reactive ketones (excluding diaryl/α,β-unsaturated/α-hetero) is 1. The van der Waals surface area contributed by atoms with Gasteiger partial charge in [-0.05, 0) is 31.2 Å². The van der Waals surface area contributed by atoms with Gasteiger partial charge in [-0.2, -0.15) is 0 Å². The Bertz CT molecular complexity index is 1000. The molecule has 0 aliphatic rings. The van der Waals surface area contributed by atoms with Gasteiger partial charge < -0.3 is 9.30 Å². The molecule has 25 heavy (non-hydrogen) atoms. The SMILES string of the molecule is CC(=O)c1cccc(OCC(=O)N/N=c2\sc3ccccc3n2C)c1. The molecule has 3 aromatic rings. The Kier molecular flexibility index (Phi) is 4.95. The summed E-state index contributed by atoms with van der Waals surface area (Å²) in [6.45, 7) is 1.30. The summed E-state index contributed by atoms with van der Waals surface area (Å²) in [7, 11) is 1.90. The van der Waals surface area contributed by atoms with Gasteiger partial charge in [-0.15, -0.1) is 5.10 Å². The van der Waals surface area contributed by atoms with Crippen LogP contribution in [0.15, 0.2) is 53.6 Å². The number of benzene rings is 2. The molecule has 0 unspecified atom stereocenters. The van der Waals surface area contributed by atoms with Crippen molar-refractivity contribution in [3.63, 3.8) is 0 Å². The molecule has 6 nitrogen and oxygen atoms in total. The Hall–Kier alpha value is -2.93. The zero-order chi connectivity index (χ0) is 17.8. The van der Waals surface area contributed by atoms with Crippen LogP contribution >= 0.6 is 11.3 Å². The van der Waals surface area contributed by atoms with Crippen LogP contribution < -0.4 is 15.0 Å². The van der Waals surface area contributed by atoms with Crippen LogP contribution in [-0.2, 0) is 11.8 Å². The van der Waals surface area contributed by atoms with E-state index in [0.29, 0.717) is 16.1 Å². The quantitative estimate of drug-likeness (QED) is 0.564. The van der Waals surface area contributed by atoms with Gasteiger partial charge >= 0.3 is 0 Å². The molecule has 1 aromatic heterocycles. The van der Waals surface area contributed by atoms with Crippen LogP contribution in [0.25, 0.3) is 10.2 Å². The first-order chi connectivity index (χ1) is 12.0. The number of thiazole rings is 1. The Morgan fingerprint density at radius 2 is 2.00 bits per heavy atom. The van der Waals surface area contributed by atoms with Gasteiger partial charge in [0, 0.05) is 12.6 Å². The van der Waals surface area contributed by atoms with Gasteiger partial charge in [0.05, 0.1) is 10.2 Å². The Balaban J connectivity index is 1.65. The van der Waals surface area contributed by atoms with E-state index in [1.165, 1.54) is 18.3 Å². The van der Waals surface area contributed by atoms with Gasteiger partial charge in [-0.3, -0.25) is 9.59 Å². The minimum absolute atomic E-state index is 0.0536. The van der Waals surface area contributed by atoms with Crippen molar-refractivity contribution in [2.75, 3.05) is 6.61 Å². The highest BCUT2D eigenvalue weighted by Crippen LogP contribution is 2.15. The summed E-state index contributed by atoms with van der Waals surface area (Å²) < 4.78 is 8.42. The van der Waals surface area contributed by atoms with E-state index in [9.17, 15) is 9.59 Å². The summed E-state index contributed by atoms with van der Waals surface area (Å²) in [6, 6.07) is 14.6. The van der Waals surface area contributed by atoms with E-state index in [-0.39, 0.29) is 18.3 Å². The first kappa shape index (κ1) is 16.9. The average Bonchev–Trinajstić information content (AvgIpc) is 2.95. The van der Waals surface area contributed by atoms with Crippen molar-refractivity contribution in [2.24, 2.45) is 12.1 Å². The van der Waals surface area contributed by atoms with E-state index in [1.807, 2.05) is 35.9 Å². The largest absolute Gasteiger partial charge is 0.484 e. The fraction of sp³-hybridized carbons (Fsp3) is 0.167. The Labute approximate surface area is 148 Å². The van der Waals surface area contributed by atoms with E-state index >= 15 is 0 Å². The number of nitrogens with one attached hydrogen (secondary N) is 1. The van der Waals surface area contributed by atoms with Gasteiger partial charge in [0.15, 0.2) is 12.4 Å². The number of aromatic nitrogens is 1. The molecule has 0 saturated carbocycles. The number of para-hydroxylation sites is 1. The maximum atomic E-state index is 11.9. The fourth-order valence-corrected chi connectivity index (χ4v) is 3.26. The van der Waals surface area contributed by atoms with Crippen LogP contribution in [0.4, 0.5) is 0 Å². The zero-order valence-corrected chi connectivity index (χ0v) is 14.7. The lowest BCUT2D eigenvalue weighted by Crippen LogP contribution is -2.27. The number of nitrogens with zero attached hydrogens (tertiary/aromatic N) is 2. The topological polar surface area (TPSA) is 72.7 Å². The highest BCUT2D eigenvalue weighted by Gasteiger charge is 2.06. The van der Waals surface area contributed by atoms with E-state index in [1.54, 1.807) is 24.3 Å². The van der Waals surface area contributed by atoms with Crippen LogP contribution in [-0.4, -0.2) is 22.9 Å². The summed E-state index contributed by atoms with van der Waals surface area (Å²) in [4.78, 5) is 24.0. The summed E-state index contributed by atoms with van der Waals surface area (Å²) in [5, 5.41) is 4.15. The molecule has 3 rings (SSSR count). The van der Waals surface area contributed by atoms with Crippen molar-refractivity contribution in [1.29, 1.82) is 0 Å². The Morgan fingerprint density at radius 3 is 2.76 bits per heavy atom. The first-order valence-electron chi connectivity index (χ1n) is 7.65. The van der Waals surface area contributed by atoms with Crippen molar-refractivity contribution < 1.29 is 14.3 Å². The number of ketones is 1. The number of fused-ring (bicyclic) bond motifs is 1. The molecule has 0 radical (unpaired) electrons. The molecule has 2 aromatic carbocycles. The molecule has 1 heterocycles. The zero-order valence-electron chi connectivity index (χ0n) is 13.9. The third-order valence-corrected chi connectivity index (χ3v) is 4.71. The predicted molar refractivity (Wildman–Crippen MR) is 96.4 cm³/mol. The number of carbonyl (C=O) groups is 2. The molecule has 0 bridgehead atoms. The van der Waals surface area contributed by atoms with Gasteiger partial charge in [-0.25, -0.2) is 5.43 Å². The maximum Gasteiger partial charge on any atom is 0.278 e. The van der Waals surface area contributed by atoms with E-state index in [4.69, 9.17) is 4.74 Å². The summed E-state index contributed by atoms with van der Waals surface area (Å²) in [6.07, 6.45) is 0. The number of hydrogen-bond donors (Lipinski definition) is 1. The van der Waals surface area contributed by atoms with Crippen LogP contribution in [0, 0.1) is 0 Å². The minimum atomic E-state index is -0.370. The molecule has 0 aliphatic carbocycles. The maximum absolute atomic E-state index is 11.9. The third-order valence-electron chi connectivity index (χ3n) is 3.60. The van der Waals surface area contributed by atoms with Crippen molar-refractivity contribution >= 4 is 33.2 Å². The number of rotatable bonds is 5. The first-order valence-corrected chi connectivity index (χ1v) is 8.47. The molecule has 1 amide bonds. The van der Waals surface area contributed by atoms with E-state index in [0.717, 1.165) is 10.2 Å². The molecule has 0 saturated heterocycles. The van der Waals surface area contributed by atoms with Crippen LogP contribution in [0.3, 0.4) is 0 Å². The average molecular weight is 355 g/mol. The summed E-state index contributed by atoms with van der Waals surface area (Å²) >= 11 is 1.49. The van der Waals surface area contributed by atoms with Crippen molar-refractivity contribution in [3.8, 4) is 5.75 Å². The van der Waals surface area contributed by atoms with E-state index in [2.05, 4.69) is 10.5 Å². The van der Waals surface area contributed by atoms with Crippen molar-refractivity contribution in [2.45, 2.75) is 6.92 Å². The third kappa shape index (κ3) is 3.95. The van der Waals surface area contributed by atoms with E-state index < -0.39 is 0 Å².